The van der Waals surface area contributed by atoms with Crippen LogP contribution in [0.5, 0.6) is 11.5 Å². The summed E-state index contributed by atoms with van der Waals surface area (Å²) in [6, 6.07) is 14.0. The van der Waals surface area contributed by atoms with Crippen molar-refractivity contribution in [3.63, 3.8) is 0 Å². The molecule has 2 aromatic heterocycles. The van der Waals surface area contributed by atoms with Gasteiger partial charge in [-0.05, 0) is 49.4 Å². The van der Waals surface area contributed by atoms with Gasteiger partial charge in [0, 0.05) is 17.8 Å². The molecule has 0 saturated heterocycles. The largest absolute Gasteiger partial charge is 0.497 e. The zero-order valence-electron chi connectivity index (χ0n) is 16.6. The van der Waals surface area contributed by atoms with E-state index >= 15 is 0 Å². The summed E-state index contributed by atoms with van der Waals surface area (Å²) < 4.78 is 12.4. The quantitative estimate of drug-likeness (QED) is 0.506. The van der Waals surface area contributed by atoms with Crippen molar-refractivity contribution in [3.05, 3.63) is 71.1 Å². The van der Waals surface area contributed by atoms with Gasteiger partial charge in [-0.2, -0.15) is 0 Å². The third-order valence-corrected chi connectivity index (χ3v) is 5.01. The minimum absolute atomic E-state index is 0.311. The molecular weight excluding hydrogens is 404 g/mol. The molecule has 7 nitrogen and oxygen atoms in total. The number of pyridine rings is 1. The molecule has 0 radical (unpaired) electrons. The number of rotatable bonds is 5. The molecule has 0 aliphatic carbocycles. The van der Waals surface area contributed by atoms with Crippen LogP contribution in [0, 0.1) is 6.92 Å². The Morgan fingerprint density at radius 3 is 2.70 bits per heavy atom. The van der Waals surface area contributed by atoms with Gasteiger partial charge in [0.05, 0.1) is 30.6 Å². The Labute approximate surface area is 178 Å². The maximum absolute atomic E-state index is 13.0. The number of fused-ring (bicyclic) bond motifs is 1. The molecule has 1 amide bonds. The van der Waals surface area contributed by atoms with E-state index in [9.17, 15) is 4.79 Å². The number of carbonyl (C=O) groups excluding carboxylic acids is 1. The first kappa shape index (κ1) is 19.7. The second kappa shape index (κ2) is 8.04. The lowest BCUT2D eigenvalue weighted by molar-refractivity contribution is 0.102. The van der Waals surface area contributed by atoms with Crippen LogP contribution >= 0.6 is 11.6 Å². The van der Waals surface area contributed by atoms with Gasteiger partial charge in [-0.25, -0.2) is 9.97 Å². The number of hydrogen-bond acceptors (Lipinski definition) is 5. The van der Waals surface area contributed by atoms with Crippen LogP contribution < -0.4 is 14.8 Å². The Bertz CT molecular complexity index is 1250. The summed E-state index contributed by atoms with van der Waals surface area (Å²) in [4.78, 5) is 21.9. The smallest absolute Gasteiger partial charge is 0.255 e. The first-order chi connectivity index (χ1) is 14.5. The van der Waals surface area contributed by atoms with Crippen molar-refractivity contribution in [1.82, 2.24) is 14.5 Å². The fourth-order valence-electron chi connectivity index (χ4n) is 3.25. The molecule has 2 aromatic carbocycles. The Hall–Kier alpha value is -3.58. The van der Waals surface area contributed by atoms with Gasteiger partial charge in [-0.3, -0.25) is 9.36 Å². The number of amides is 1. The molecule has 8 heteroatoms. The number of nitrogens with zero attached hydrogens (tertiary/aromatic N) is 3. The van der Waals surface area contributed by atoms with E-state index in [2.05, 4.69) is 15.3 Å². The molecule has 30 heavy (non-hydrogen) atoms. The number of anilines is 1. The second-order valence-corrected chi connectivity index (χ2v) is 6.93. The number of aryl methyl sites for hydroxylation is 1. The van der Waals surface area contributed by atoms with Gasteiger partial charge in [-0.1, -0.05) is 11.6 Å². The Balaban J connectivity index is 1.74. The lowest BCUT2D eigenvalue weighted by Crippen LogP contribution is -2.13. The van der Waals surface area contributed by atoms with Crippen molar-refractivity contribution in [2.75, 3.05) is 19.5 Å². The van der Waals surface area contributed by atoms with Crippen LogP contribution in [0.2, 0.25) is 5.02 Å². The predicted octanol–water partition coefficient (Wildman–Crippen LogP) is 4.65. The first-order valence-corrected chi connectivity index (χ1v) is 9.53. The van der Waals surface area contributed by atoms with Crippen LogP contribution in [0.25, 0.3) is 16.9 Å². The van der Waals surface area contributed by atoms with E-state index in [0.29, 0.717) is 39.1 Å². The highest BCUT2D eigenvalue weighted by Crippen LogP contribution is 2.31. The molecule has 4 aromatic rings. The van der Waals surface area contributed by atoms with Crippen molar-refractivity contribution in [3.8, 4) is 17.2 Å². The van der Waals surface area contributed by atoms with Crippen molar-refractivity contribution in [2.45, 2.75) is 6.92 Å². The lowest BCUT2D eigenvalue weighted by atomic mass is 10.1. The van der Waals surface area contributed by atoms with Crippen LogP contribution in [0.1, 0.15) is 16.2 Å². The first-order valence-electron chi connectivity index (χ1n) is 9.15. The molecular formula is C22H19ClN4O3. The highest BCUT2D eigenvalue weighted by atomic mass is 35.5. The molecule has 4 rings (SSSR count). The van der Waals surface area contributed by atoms with E-state index in [1.54, 1.807) is 49.7 Å². The normalized spacial score (nSPS) is 10.8. The molecule has 0 aliphatic heterocycles. The van der Waals surface area contributed by atoms with Crippen LogP contribution in [-0.4, -0.2) is 34.7 Å². The van der Waals surface area contributed by atoms with Crippen molar-refractivity contribution in [1.29, 1.82) is 0 Å². The number of hydrogen-bond donors (Lipinski definition) is 1. The highest BCUT2D eigenvalue weighted by molar-refractivity contribution is 6.32. The number of halogens is 1. The minimum atomic E-state index is -0.311. The molecule has 0 unspecified atom stereocenters. The summed E-state index contributed by atoms with van der Waals surface area (Å²) in [5.41, 5.74) is 2.98. The fraction of sp³-hybridized carbons (Fsp3) is 0.136. The summed E-state index contributed by atoms with van der Waals surface area (Å²) in [7, 11) is 3.10. The van der Waals surface area contributed by atoms with Gasteiger partial charge in [0.25, 0.3) is 5.91 Å². The Morgan fingerprint density at radius 1 is 1.10 bits per heavy atom. The number of nitrogens with one attached hydrogen (secondary N) is 1. The van der Waals surface area contributed by atoms with E-state index in [4.69, 9.17) is 21.1 Å². The van der Waals surface area contributed by atoms with Crippen molar-refractivity contribution < 1.29 is 14.3 Å². The average molecular weight is 423 g/mol. The molecule has 2 heterocycles. The maximum atomic E-state index is 13.0. The average Bonchev–Trinajstić information content (AvgIpc) is 3.09. The number of ether oxygens (including phenoxy) is 2. The van der Waals surface area contributed by atoms with Gasteiger partial charge < -0.3 is 14.8 Å². The topological polar surface area (TPSA) is 78.3 Å². The standard InChI is InChI=1S/C22H19ClN4O3/c1-13-25-17-5-4-10-24-21(17)27(13)19-11-14(6-8-16(19)23)22(28)26-18-12-15(29-2)7-9-20(18)30-3/h4-12H,1-3H3,(H,26,28). The third-order valence-electron chi connectivity index (χ3n) is 4.69. The van der Waals surface area contributed by atoms with Crippen LogP contribution in [0.15, 0.2) is 54.7 Å². The fourth-order valence-corrected chi connectivity index (χ4v) is 3.45. The van der Waals surface area contributed by atoms with E-state index in [1.165, 1.54) is 7.11 Å². The lowest BCUT2D eigenvalue weighted by Gasteiger charge is -2.13. The summed E-state index contributed by atoms with van der Waals surface area (Å²) in [6.07, 6.45) is 1.69. The third kappa shape index (κ3) is 3.55. The van der Waals surface area contributed by atoms with Gasteiger partial charge in [0.2, 0.25) is 0 Å². The molecule has 0 fully saturated rings. The van der Waals surface area contributed by atoms with Gasteiger partial charge in [0.15, 0.2) is 5.65 Å². The van der Waals surface area contributed by atoms with Gasteiger partial charge >= 0.3 is 0 Å². The van der Waals surface area contributed by atoms with Gasteiger partial charge in [0.1, 0.15) is 22.8 Å². The van der Waals surface area contributed by atoms with Crippen molar-refractivity contribution in [2.24, 2.45) is 0 Å². The summed E-state index contributed by atoms with van der Waals surface area (Å²) in [5, 5.41) is 3.35. The number of imidazole rings is 1. The van der Waals surface area contributed by atoms with Gasteiger partial charge in [-0.15, -0.1) is 0 Å². The SMILES string of the molecule is COc1ccc(OC)c(NC(=O)c2ccc(Cl)c(-n3c(C)nc4cccnc43)c2)c1. The monoisotopic (exact) mass is 422 g/mol. The summed E-state index contributed by atoms with van der Waals surface area (Å²) >= 11 is 6.47. The molecule has 0 bridgehead atoms. The Kier molecular flexibility index (Phi) is 5.29. The molecule has 0 saturated carbocycles. The summed E-state index contributed by atoms with van der Waals surface area (Å²) in [6.45, 7) is 1.87. The molecule has 0 atom stereocenters. The predicted molar refractivity (Wildman–Crippen MR) is 116 cm³/mol. The van der Waals surface area contributed by atoms with Crippen LogP contribution in [0.4, 0.5) is 5.69 Å². The number of aromatic nitrogens is 3. The number of carbonyl (C=O) groups is 1. The maximum Gasteiger partial charge on any atom is 0.255 e. The number of methoxy groups -OCH3 is 2. The van der Waals surface area contributed by atoms with E-state index in [-0.39, 0.29) is 5.91 Å². The molecule has 1 N–H and O–H groups in total. The Morgan fingerprint density at radius 2 is 1.93 bits per heavy atom. The van der Waals surface area contributed by atoms with Crippen LogP contribution in [-0.2, 0) is 0 Å². The molecule has 0 spiro atoms. The van der Waals surface area contributed by atoms with E-state index < -0.39 is 0 Å². The summed E-state index contributed by atoms with van der Waals surface area (Å²) in [5.74, 6) is 1.54. The van der Waals surface area contributed by atoms with E-state index in [0.717, 1.165) is 11.3 Å². The molecule has 152 valence electrons. The van der Waals surface area contributed by atoms with E-state index in [1.807, 2.05) is 23.6 Å². The second-order valence-electron chi connectivity index (χ2n) is 6.53. The minimum Gasteiger partial charge on any atom is -0.497 e. The van der Waals surface area contributed by atoms with Crippen molar-refractivity contribution >= 4 is 34.4 Å². The zero-order valence-corrected chi connectivity index (χ0v) is 17.4. The zero-order chi connectivity index (χ0) is 21.3. The van der Waals surface area contributed by atoms with Crippen LogP contribution in [0.3, 0.4) is 0 Å². The molecule has 0 aliphatic rings. The number of benzene rings is 2. The highest BCUT2D eigenvalue weighted by Gasteiger charge is 2.17.